The molecule has 0 bridgehead atoms. The number of rotatable bonds is 4. The number of aromatic carboxylic acids is 1. The van der Waals surface area contributed by atoms with Crippen LogP contribution in [0.5, 0.6) is 0 Å². The number of fused-ring (bicyclic) bond motifs is 3. The zero-order valence-corrected chi connectivity index (χ0v) is 16.9. The molecule has 0 aromatic heterocycles. The van der Waals surface area contributed by atoms with Crippen molar-refractivity contribution in [3.05, 3.63) is 93.5 Å². The Morgan fingerprint density at radius 1 is 0.857 bits per heavy atom. The van der Waals surface area contributed by atoms with Crippen LogP contribution < -0.4 is 5.11 Å². The molecule has 1 aliphatic carbocycles. The zero-order valence-electron chi connectivity index (χ0n) is 16.9. The molecule has 4 rings (SSSR count). The van der Waals surface area contributed by atoms with Crippen molar-refractivity contribution in [2.75, 3.05) is 0 Å². The lowest BCUT2D eigenvalue weighted by Crippen LogP contribution is -2.27. The second kappa shape index (κ2) is 6.63. The van der Waals surface area contributed by atoms with E-state index < -0.39 is 5.97 Å². The van der Waals surface area contributed by atoms with Crippen molar-refractivity contribution in [3.8, 4) is 11.1 Å². The normalized spacial score (nSPS) is 13.9. The predicted molar refractivity (Wildman–Crippen MR) is 112 cm³/mol. The van der Waals surface area contributed by atoms with Gasteiger partial charge in [-0.2, -0.15) is 0 Å². The summed E-state index contributed by atoms with van der Waals surface area (Å²) >= 11 is 0. The third-order valence-corrected chi connectivity index (χ3v) is 6.39. The van der Waals surface area contributed by atoms with Crippen LogP contribution in [0.3, 0.4) is 0 Å². The number of hydrogen-bond donors (Lipinski definition) is 0. The Bertz CT molecular complexity index is 1040. The van der Waals surface area contributed by atoms with Gasteiger partial charge in [0.25, 0.3) is 0 Å². The maximum Gasteiger partial charge on any atom is 0.0718 e. The second-order valence-corrected chi connectivity index (χ2v) is 7.91. The lowest BCUT2D eigenvalue weighted by Gasteiger charge is -2.30. The van der Waals surface area contributed by atoms with Gasteiger partial charge in [0, 0.05) is 11.0 Å². The molecule has 0 saturated heterocycles. The fourth-order valence-corrected chi connectivity index (χ4v) is 4.53. The summed E-state index contributed by atoms with van der Waals surface area (Å²) in [6, 6.07) is 19.2. The first-order chi connectivity index (χ1) is 13.4. The van der Waals surface area contributed by atoms with Crippen LogP contribution in [0.1, 0.15) is 64.5 Å². The Morgan fingerprint density at radius 3 is 1.86 bits per heavy atom. The smallest absolute Gasteiger partial charge is 0.0718 e. The summed E-state index contributed by atoms with van der Waals surface area (Å²) in [7, 11) is 0. The standard InChI is InChI=1S/C26H26O2/c1-5-17-8-11-20-21-12-9-18(6-2)14-24(21)26(4,23(20)13-17)19-10-7-16(3)22(15-19)25(27)28/h7-15H,5-6H2,1-4H3,(H,27,28)/p-1. The maximum atomic E-state index is 11.7. The van der Waals surface area contributed by atoms with Crippen LogP contribution in [0.25, 0.3) is 11.1 Å². The van der Waals surface area contributed by atoms with Crippen LogP contribution in [0.4, 0.5) is 0 Å². The second-order valence-electron chi connectivity index (χ2n) is 7.91. The molecule has 2 nitrogen and oxygen atoms in total. The minimum Gasteiger partial charge on any atom is -0.545 e. The number of carboxylic acids is 1. The van der Waals surface area contributed by atoms with E-state index in [1.54, 1.807) is 6.07 Å². The molecule has 0 aliphatic heterocycles. The SMILES string of the molecule is CCc1ccc2c(c1)C(C)(c1ccc(C)c(C(=O)[O-])c1)c1cc(CC)ccc1-2. The number of benzene rings is 3. The molecule has 0 heterocycles. The first kappa shape index (κ1) is 18.5. The summed E-state index contributed by atoms with van der Waals surface area (Å²) in [5.41, 5.74) is 9.19. The van der Waals surface area contributed by atoms with Gasteiger partial charge in [-0.25, -0.2) is 0 Å². The number of carbonyl (C=O) groups excluding carboxylic acids is 1. The number of carboxylic acid groups (broad SMARTS) is 1. The quantitative estimate of drug-likeness (QED) is 0.662. The molecule has 142 valence electrons. The average molecular weight is 369 g/mol. The van der Waals surface area contributed by atoms with Gasteiger partial charge in [-0.3, -0.25) is 0 Å². The van der Waals surface area contributed by atoms with E-state index in [4.69, 9.17) is 0 Å². The zero-order chi connectivity index (χ0) is 20.1. The molecule has 0 unspecified atom stereocenters. The highest BCUT2D eigenvalue weighted by Gasteiger charge is 2.41. The molecule has 3 aromatic rings. The van der Waals surface area contributed by atoms with Crippen LogP contribution in [0, 0.1) is 6.92 Å². The summed E-state index contributed by atoms with van der Waals surface area (Å²) in [5, 5.41) is 11.7. The topological polar surface area (TPSA) is 40.1 Å². The van der Waals surface area contributed by atoms with E-state index in [1.807, 2.05) is 13.0 Å². The molecule has 0 atom stereocenters. The Kier molecular flexibility index (Phi) is 4.38. The highest BCUT2D eigenvalue weighted by Crippen LogP contribution is 2.53. The van der Waals surface area contributed by atoms with Crippen molar-refractivity contribution in [2.45, 2.75) is 46.0 Å². The molecule has 0 N–H and O–H groups in total. The van der Waals surface area contributed by atoms with E-state index in [0.29, 0.717) is 0 Å². The molecule has 0 spiro atoms. The molecular formula is C26H25O2-. The number of aryl methyl sites for hydroxylation is 3. The van der Waals surface area contributed by atoms with E-state index >= 15 is 0 Å². The number of carbonyl (C=O) groups is 1. The summed E-state index contributed by atoms with van der Waals surface area (Å²) in [4.78, 5) is 11.7. The lowest BCUT2D eigenvalue weighted by atomic mass is 9.73. The summed E-state index contributed by atoms with van der Waals surface area (Å²) < 4.78 is 0. The fraction of sp³-hybridized carbons (Fsp3) is 0.269. The van der Waals surface area contributed by atoms with Crippen LogP contribution in [0.15, 0.2) is 54.6 Å². The van der Waals surface area contributed by atoms with Gasteiger partial charge in [-0.15, -0.1) is 0 Å². The van der Waals surface area contributed by atoms with E-state index in [2.05, 4.69) is 63.2 Å². The van der Waals surface area contributed by atoms with Crippen molar-refractivity contribution in [1.29, 1.82) is 0 Å². The first-order valence-corrected chi connectivity index (χ1v) is 9.99. The van der Waals surface area contributed by atoms with Gasteiger partial charge in [0.2, 0.25) is 0 Å². The van der Waals surface area contributed by atoms with Crippen LogP contribution in [-0.2, 0) is 18.3 Å². The lowest BCUT2D eigenvalue weighted by molar-refractivity contribution is -0.255. The van der Waals surface area contributed by atoms with Crippen molar-refractivity contribution in [1.82, 2.24) is 0 Å². The molecule has 3 aromatic carbocycles. The van der Waals surface area contributed by atoms with Gasteiger partial charge in [0.1, 0.15) is 0 Å². The monoisotopic (exact) mass is 369 g/mol. The van der Waals surface area contributed by atoms with Gasteiger partial charge in [0.15, 0.2) is 0 Å². The van der Waals surface area contributed by atoms with Gasteiger partial charge in [-0.05, 0) is 77.3 Å². The van der Waals surface area contributed by atoms with Gasteiger partial charge in [0.05, 0.1) is 5.97 Å². The van der Waals surface area contributed by atoms with Crippen LogP contribution in [0.2, 0.25) is 0 Å². The van der Waals surface area contributed by atoms with Gasteiger partial charge < -0.3 is 9.90 Å². The number of hydrogen-bond acceptors (Lipinski definition) is 2. The Morgan fingerprint density at radius 2 is 1.39 bits per heavy atom. The predicted octanol–water partition coefficient (Wildman–Crippen LogP) is 4.82. The molecule has 0 radical (unpaired) electrons. The Hall–Kier alpha value is -2.87. The Balaban J connectivity index is 2.05. The molecular weight excluding hydrogens is 344 g/mol. The first-order valence-electron chi connectivity index (χ1n) is 9.99. The van der Waals surface area contributed by atoms with Crippen molar-refractivity contribution in [3.63, 3.8) is 0 Å². The van der Waals surface area contributed by atoms with Gasteiger partial charge in [-0.1, -0.05) is 62.4 Å². The van der Waals surface area contributed by atoms with E-state index in [9.17, 15) is 9.90 Å². The summed E-state index contributed by atoms with van der Waals surface area (Å²) in [6.07, 6.45) is 1.94. The molecule has 0 saturated carbocycles. The molecule has 28 heavy (non-hydrogen) atoms. The Labute approximate surface area is 166 Å². The third-order valence-electron chi connectivity index (χ3n) is 6.39. The molecule has 0 fully saturated rings. The van der Waals surface area contributed by atoms with E-state index in [1.165, 1.54) is 33.4 Å². The minimum absolute atomic E-state index is 0.270. The largest absolute Gasteiger partial charge is 0.545 e. The van der Waals surface area contributed by atoms with E-state index in [0.717, 1.165) is 24.0 Å². The average Bonchev–Trinajstić information content (AvgIpc) is 2.96. The highest BCUT2D eigenvalue weighted by atomic mass is 16.4. The van der Waals surface area contributed by atoms with E-state index in [-0.39, 0.29) is 11.0 Å². The van der Waals surface area contributed by atoms with Crippen molar-refractivity contribution < 1.29 is 9.90 Å². The maximum absolute atomic E-state index is 11.7. The summed E-state index contributed by atoms with van der Waals surface area (Å²) in [6.45, 7) is 8.37. The van der Waals surface area contributed by atoms with Crippen LogP contribution >= 0.6 is 0 Å². The highest BCUT2D eigenvalue weighted by molar-refractivity contribution is 5.89. The molecule has 0 amide bonds. The third kappa shape index (κ3) is 2.59. The van der Waals surface area contributed by atoms with Crippen LogP contribution in [-0.4, -0.2) is 5.97 Å². The fourth-order valence-electron chi connectivity index (χ4n) is 4.53. The summed E-state index contributed by atoms with van der Waals surface area (Å²) in [5.74, 6) is -1.12. The molecule has 2 heteroatoms. The van der Waals surface area contributed by atoms with Crippen molar-refractivity contribution >= 4 is 5.97 Å². The molecule has 1 aliphatic rings. The van der Waals surface area contributed by atoms with Crippen molar-refractivity contribution in [2.24, 2.45) is 0 Å². The van der Waals surface area contributed by atoms with Gasteiger partial charge >= 0.3 is 0 Å². The minimum atomic E-state index is -1.12.